The molecule has 0 spiro atoms. The van der Waals surface area contributed by atoms with Crippen molar-refractivity contribution in [3.05, 3.63) is 95.1 Å². The summed E-state index contributed by atoms with van der Waals surface area (Å²) in [5.74, 6) is 2.19. The fourth-order valence-electron chi connectivity index (χ4n) is 6.47. The largest absolute Gasteiger partial charge is 0.491 e. The molecule has 0 atom stereocenters. The molecule has 4 aromatic rings. The second kappa shape index (κ2) is 19.0. The van der Waals surface area contributed by atoms with E-state index in [1.165, 1.54) is 16.3 Å². The summed E-state index contributed by atoms with van der Waals surface area (Å²) < 4.78 is 13.8. The minimum Gasteiger partial charge on any atom is -0.491 e. The first-order valence-corrected chi connectivity index (χ1v) is 19.7. The normalized spacial score (nSPS) is 14.1. The Bertz CT molecular complexity index is 1760. The highest BCUT2D eigenvalue weighted by atomic mass is 32.2. The van der Waals surface area contributed by atoms with Crippen LogP contribution in [0.2, 0.25) is 0 Å². The lowest BCUT2D eigenvalue weighted by molar-refractivity contribution is -0.112. The van der Waals surface area contributed by atoms with Gasteiger partial charge in [0.1, 0.15) is 12.4 Å². The number of aromatic nitrogens is 2. The average molecular weight is 709 g/mol. The predicted octanol–water partition coefficient (Wildman–Crippen LogP) is 10.3. The summed E-state index contributed by atoms with van der Waals surface area (Å²) in [7, 11) is 0. The van der Waals surface area contributed by atoms with E-state index in [1.807, 2.05) is 36.3 Å². The van der Waals surface area contributed by atoms with Crippen LogP contribution in [0.5, 0.6) is 5.75 Å². The van der Waals surface area contributed by atoms with Crippen molar-refractivity contribution in [3.63, 3.8) is 0 Å². The zero-order chi connectivity index (χ0) is 36.2. The maximum absolute atomic E-state index is 13.8. The number of fused-ring (bicyclic) bond motifs is 1. The van der Waals surface area contributed by atoms with Crippen molar-refractivity contribution in [3.8, 4) is 16.9 Å². The van der Waals surface area contributed by atoms with Crippen molar-refractivity contribution >= 4 is 35.1 Å². The van der Waals surface area contributed by atoms with Gasteiger partial charge < -0.3 is 24.3 Å². The summed E-state index contributed by atoms with van der Waals surface area (Å²) in [5, 5.41) is 3.22. The van der Waals surface area contributed by atoms with E-state index in [-0.39, 0.29) is 5.91 Å². The molecule has 51 heavy (non-hydrogen) atoms. The quantitative estimate of drug-likeness (QED) is 0.0870. The Morgan fingerprint density at radius 2 is 1.76 bits per heavy atom. The number of unbranched alkanes of at least 4 members (excludes halogenated alkanes) is 1. The molecule has 0 unspecified atom stereocenters. The summed E-state index contributed by atoms with van der Waals surface area (Å²) in [4.78, 5) is 22.1. The third-order valence-electron chi connectivity index (χ3n) is 9.19. The van der Waals surface area contributed by atoms with E-state index in [1.54, 1.807) is 0 Å². The summed E-state index contributed by atoms with van der Waals surface area (Å²) in [6.07, 6.45) is 8.99. The number of rotatable bonds is 17. The molecule has 0 saturated carbocycles. The van der Waals surface area contributed by atoms with Crippen molar-refractivity contribution in [2.24, 2.45) is 5.92 Å². The van der Waals surface area contributed by atoms with Crippen LogP contribution < -0.4 is 15.0 Å². The summed E-state index contributed by atoms with van der Waals surface area (Å²) in [6, 6.07) is 21.1. The zero-order valence-electron chi connectivity index (χ0n) is 31.5. The number of aryl methyl sites for hydroxylation is 3. The molecule has 0 fully saturated rings. The molecule has 7 nitrogen and oxygen atoms in total. The van der Waals surface area contributed by atoms with Gasteiger partial charge in [0.05, 0.1) is 24.3 Å². The molecular weight excluding hydrogens is 653 g/mol. The SMILES string of the molecule is CCCCOCCOc1ccc(-c2ccc3c(c2)/C=C(/C(=O)Nc2ccc(SCc4c(C)ncn4CCC)c(C)c2)CCCN3CC(C)C)cc1. The van der Waals surface area contributed by atoms with Gasteiger partial charge in [-0.25, -0.2) is 4.98 Å². The average Bonchev–Trinajstić information content (AvgIpc) is 3.46. The molecule has 0 bridgehead atoms. The Hall–Kier alpha value is -4.01. The van der Waals surface area contributed by atoms with Gasteiger partial charge in [0.25, 0.3) is 5.91 Å². The predicted molar refractivity (Wildman–Crippen MR) is 214 cm³/mol. The first-order chi connectivity index (χ1) is 24.7. The van der Waals surface area contributed by atoms with Gasteiger partial charge >= 0.3 is 0 Å². The van der Waals surface area contributed by atoms with E-state index in [2.05, 4.69) is 110 Å². The monoisotopic (exact) mass is 708 g/mol. The van der Waals surface area contributed by atoms with Gasteiger partial charge in [-0.05, 0) is 116 Å². The molecule has 0 aliphatic carbocycles. The fourth-order valence-corrected chi connectivity index (χ4v) is 7.59. The minimum atomic E-state index is -0.0391. The number of hydrogen-bond donors (Lipinski definition) is 1. The molecule has 1 aromatic heterocycles. The third kappa shape index (κ3) is 10.7. The van der Waals surface area contributed by atoms with Crippen LogP contribution >= 0.6 is 11.8 Å². The lowest BCUT2D eigenvalue weighted by Crippen LogP contribution is -2.30. The van der Waals surface area contributed by atoms with Gasteiger partial charge in [-0.15, -0.1) is 11.8 Å². The standard InChI is InChI=1S/C43H56N4O3S/c1-7-9-22-49-23-24-50-39-16-12-34(13-17-39)35-14-18-40-37(26-35)27-36(11-10-21-46(40)28-31(3)4)43(48)45-38-15-19-42(32(5)25-38)51-29-41-33(6)44-30-47(41)20-8-2/h12-19,25-27,30-31H,7-11,20-24,28-29H2,1-6H3,(H,45,48)/b36-27+. The number of nitrogens with zero attached hydrogens (tertiary/aromatic N) is 3. The second-order valence-electron chi connectivity index (χ2n) is 13.9. The van der Waals surface area contributed by atoms with Crippen LogP contribution in [0.15, 0.2) is 77.5 Å². The maximum atomic E-state index is 13.8. The molecule has 1 amide bonds. The summed E-state index contributed by atoms with van der Waals surface area (Å²) in [5.41, 5.74) is 9.61. The van der Waals surface area contributed by atoms with E-state index in [0.717, 1.165) is 109 Å². The van der Waals surface area contributed by atoms with Crippen molar-refractivity contribution in [2.45, 2.75) is 90.8 Å². The fraction of sp³-hybridized carbons (Fsp3) is 0.442. The Morgan fingerprint density at radius 1 is 0.961 bits per heavy atom. The number of carbonyl (C=O) groups excluding carboxylic acids is 1. The van der Waals surface area contributed by atoms with Gasteiger partial charge in [0, 0.05) is 53.8 Å². The summed E-state index contributed by atoms with van der Waals surface area (Å²) in [6.45, 7) is 17.9. The van der Waals surface area contributed by atoms with Gasteiger partial charge in [0.15, 0.2) is 0 Å². The molecule has 0 radical (unpaired) electrons. The molecular formula is C43H56N4O3S. The lowest BCUT2D eigenvalue weighted by atomic mass is 9.96. The number of hydrogen-bond acceptors (Lipinski definition) is 6. The van der Waals surface area contributed by atoms with Crippen LogP contribution in [0.1, 0.15) is 82.3 Å². The first-order valence-electron chi connectivity index (χ1n) is 18.7. The number of nitrogens with one attached hydrogen (secondary N) is 1. The smallest absolute Gasteiger partial charge is 0.251 e. The second-order valence-corrected chi connectivity index (χ2v) is 14.9. The molecule has 8 heteroatoms. The van der Waals surface area contributed by atoms with Crippen molar-refractivity contribution < 1.29 is 14.3 Å². The number of amides is 1. The molecule has 1 N–H and O–H groups in total. The minimum absolute atomic E-state index is 0.0391. The van der Waals surface area contributed by atoms with Crippen LogP contribution in [0.3, 0.4) is 0 Å². The summed E-state index contributed by atoms with van der Waals surface area (Å²) >= 11 is 1.82. The number of thioether (sulfide) groups is 1. The molecule has 3 aromatic carbocycles. The van der Waals surface area contributed by atoms with E-state index in [4.69, 9.17) is 9.47 Å². The zero-order valence-corrected chi connectivity index (χ0v) is 32.3. The number of carbonyl (C=O) groups is 1. The van der Waals surface area contributed by atoms with Gasteiger partial charge in [-0.2, -0.15) is 0 Å². The Morgan fingerprint density at radius 3 is 2.51 bits per heavy atom. The van der Waals surface area contributed by atoms with Crippen LogP contribution in [-0.4, -0.2) is 48.4 Å². The molecule has 1 aliphatic heterocycles. The number of imidazole rings is 1. The molecule has 272 valence electrons. The highest BCUT2D eigenvalue weighted by Crippen LogP contribution is 2.34. The molecule has 2 heterocycles. The van der Waals surface area contributed by atoms with Crippen molar-refractivity contribution in [1.29, 1.82) is 0 Å². The third-order valence-corrected chi connectivity index (χ3v) is 10.4. The van der Waals surface area contributed by atoms with E-state index in [0.29, 0.717) is 19.1 Å². The number of anilines is 2. The maximum Gasteiger partial charge on any atom is 0.251 e. The highest BCUT2D eigenvalue weighted by molar-refractivity contribution is 7.98. The highest BCUT2D eigenvalue weighted by Gasteiger charge is 2.20. The van der Waals surface area contributed by atoms with Crippen LogP contribution in [0, 0.1) is 19.8 Å². The molecule has 5 rings (SSSR count). The Labute approximate surface area is 309 Å². The van der Waals surface area contributed by atoms with E-state index < -0.39 is 0 Å². The Kier molecular flexibility index (Phi) is 14.2. The molecule has 1 aliphatic rings. The van der Waals surface area contributed by atoms with E-state index >= 15 is 0 Å². The van der Waals surface area contributed by atoms with Crippen LogP contribution in [0.25, 0.3) is 17.2 Å². The van der Waals surface area contributed by atoms with E-state index in [9.17, 15) is 4.79 Å². The number of benzene rings is 3. The van der Waals surface area contributed by atoms with Gasteiger partial charge in [0.2, 0.25) is 0 Å². The van der Waals surface area contributed by atoms with Gasteiger partial charge in [-0.1, -0.05) is 52.3 Å². The van der Waals surface area contributed by atoms with Crippen LogP contribution in [-0.2, 0) is 21.8 Å². The number of ether oxygens (including phenoxy) is 2. The molecule has 0 saturated heterocycles. The lowest BCUT2D eigenvalue weighted by Gasteiger charge is -2.30. The van der Waals surface area contributed by atoms with Crippen LogP contribution in [0.4, 0.5) is 11.4 Å². The first kappa shape index (κ1) is 38.2. The Balaban J connectivity index is 1.31. The topological polar surface area (TPSA) is 68.6 Å². The van der Waals surface area contributed by atoms with Crippen molar-refractivity contribution in [1.82, 2.24) is 9.55 Å². The van der Waals surface area contributed by atoms with Gasteiger partial charge in [-0.3, -0.25) is 4.79 Å². The van der Waals surface area contributed by atoms with Crippen molar-refractivity contribution in [2.75, 3.05) is 43.1 Å².